The Morgan fingerprint density at radius 3 is 2.86 bits per heavy atom. The standard InChI is InChI=1S/C32H43F2N3O5/c1-40-29-18-24(36-31-26(29)6-4-13-35-31)5-2-3-7-28(34)21-10-14-37(19-21)30(32(38)39)27-17-23(33)9-8-22(27)20-42-25-11-15-41-16-12-25/h8-9,17-18,21,25,28,30H,2-7,10-16,19-20H2,1H3,(H,35,36)(H,38,39). The molecule has 2 fully saturated rings. The van der Waals surface area contributed by atoms with Crippen molar-refractivity contribution in [3.8, 4) is 5.75 Å². The molecule has 1 aromatic heterocycles. The Hall–Kier alpha value is -2.82. The summed E-state index contributed by atoms with van der Waals surface area (Å²) in [5, 5.41) is 13.6. The van der Waals surface area contributed by atoms with E-state index in [-0.39, 0.29) is 18.6 Å². The van der Waals surface area contributed by atoms with Gasteiger partial charge in [0.2, 0.25) is 0 Å². The van der Waals surface area contributed by atoms with Crippen molar-refractivity contribution in [2.24, 2.45) is 5.92 Å². The average Bonchev–Trinajstić information content (AvgIpc) is 3.48. The predicted molar refractivity (Wildman–Crippen MR) is 155 cm³/mol. The van der Waals surface area contributed by atoms with E-state index in [2.05, 4.69) is 5.32 Å². The number of hydrogen-bond acceptors (Lipinski definition) is 7. The zero-order valence-corrected chi connectivity index (χ0v) is 24.5. The van der Waals surface area contributed by atoms with Crippen LogP contribution in [0.15, 0.2) is 24.3 Å². The largest absolute Gasteiger partial charge is 0.496 e. The molecule has 3 aliphatic rings. The molecule has 0 amide bonds. The molecule has 0 aliphatic carbocycles. The molecule has 3 aliphatic heterocycles. The normalized spacial score (nSPS) is 21.0. The Morgan fingerprint density at radius 2 is 2.07 bits per heavy atom. The van der Waals surface area contributed by atoms with Gasteiger partial charge < -0.3 is 24.6 Å². The third kappa shape index (κ3) is 7.57. The number of alkyl halides is 1. The highest BCUT2D eigenvalue weighted by Gasteiger charge is 2.38. The SMILES string of the molecule is COc1cc(CCCCC(F)C2CCN(C(C(=O)O)c3cc(F)ccc3COC3CCOCC3)C2)nc2c1CCCN2. The van der Waals surface area contributed by atoms with Crippen molar-refractivity contribution in [2.75, 3.05) is 45.3 Å². The number of hydrogen-bond donors (Lipinski definition) is 2. The van der Waals surface area contributed by atoms with Gasteiger partial charge in [-0.1, -0.05) is 12.5 Å². The predicted octanol–water partition coefficient (Wildman–Crippen LogP) is 5.48. The van der Waals surface area contributed by atoms with E-state index >= 15 is 4.39 Å². The first-order valence-corrected chi connectivity index (χ1v) is 15.3. The van der Waals surface area contributed by atoms with Gasteiger partial charge in [0.15, 0.2) is 0 Å². The zero-order chi connectivity index (χ0) is 29.5. The van der Waals surface area contributed by atoms with E-state index in [1.54, 1.807) is 18.1 Å². The highest BCUT2D eigenvalue weighted by Crippen LogP contribution is 2.35. The smallest absolute Gasteiger partial charge is 0.325 e. The summed E-state index contributed by atoms with van der Waals surface area (Å²) in [6.45, 7) is 3.15. The quantitative estimate of drug-likeness (QED) is 0.298. The minimum Gasteiger partial charge on any atom is -0.496 e. The van der Waals surface area contributed by atoms with Crippen molar-refractivity contribution < 1.29 is 32.9 Å². The number of carboxylic acid groups (broad SMARTS) is 1. The summed E-state index contributed by atoms with van der Waals surface area (Å²) >= 11 is 0. The van der Waals surface area contributed by atoms with Crippen molar-refractivity contribution in [1.82, 2.24) is 9.88 Å². The Labute approximate surface area is 246 Å². The Morgan fingerprint density at radius 1 is 1.24 bits per heavy atom. The number of unbranched alkanes of at least 4 members (excludes halogenated alkanes) is 1. The number of pyridine rings is 1. The number of halogens is 2. The minimum absolute atomic E-state index is 0.0325. The summed E-state index contributed by atoms with van der Waals surface area (Å²) in [6.07, 6.45) is 5.83. The molecule has 42 heavy (non-hydrogen) atoms. The van der Waals surface area contributed by atoms with Crippen LogP contribution < -0.4 is 10.1 Å². The van der Waals surface area contributed by atoms with Gasteiger partial charge in [-0.15, -0.1) is 0 Å². The fraction of sp³-hybridized carbons (Fsp3) is 0.625. The fourth-order valence-electron chi connectivity index (χ4n) is 6.48. The highest BCUT2D eigenvalue weighted by atomic mass is 19.1. The Kier molecular flexibility index (Phi) is 10.6. The first-order valence-electron chi connectivity index (χ1n) is 15.3. The molecule has 230 valence electrons. The zero-order valence-electron chi connectivity index (χ0n) is 24.5. The van der Waals surface area contributed by atoms with Crippen molar-refractivity contribution in [3.63, 3.8) is 0 Å². The maximum Gasteiger partial charge on any atom is 0.325 e. The van der Waals surface area contributed by atoms with Crippen LogP contribution in [0.25, 0.3) is 0 Å². The van der Waals surface area contributed by atoms with E-state index in [1.807, 2.05) is 6.07 Å². The molecule has 3 unspecified atom stereocenters. The lowest BCUT2D eigenvalue weighted by atomic mass is 9.96. The van der Waals surface area contributed by atoms with Crippen LogP contribution in [0.5, 0.6) is 5.75 Å². The number of aliphatic carboxylic acids is 1. The molecule has 5 rings (SSSR count). The number of benzene rings is 1. The number of likely N-dealkylation sites (tertiary alicyclic amines) is 1. The van der Waals surface area contributed by atoms with Crippen molar-refractivity contribution in [1.29, 1.82) is 0 Å². The molecule has 0 saturated carbocycles. The molecule has 0 bridgehead atoms. The van der Waals surface area contributed by atoms with Crippen LogP contribution in [-0.4, -0.2) is 73.2 Å². The van der Waals surface area contributed by atoms with Gasteiger partial charge in [0, 0.05) is 49.5 Å². The molecule has 4 heterocycles. The topological polar surface area (TPSA) is 93.2 Å². The van der Waals surface area contributed by atoms with E-state index in [0.717, 1.165) is 67.9 Å². The number of carbonyl (C=O) groups is 1. The van der Waals surface area contributed by atoms with Crippen LogP contribution in [0.2, 0.25) is 0 Å². The van der Waals surface area contributed by atoms with Crippen LogP contribution >= 0.6 is 0 Å². The minimum atomic E-state index is -1.06. The number of ether oxygens (including phenoxy) is 3. The lowest BCUT2D eigenvalue weighted by Crippen LogP contribution is -2.34. The molecule has 2 N–H and O–H groups in total. The van der Waals surface area contributed by atoms with Gasteiger partial charge in [-0.3, -0.25) is 9.69 Å². The first kappa shape index (κ1) is 30.6. The number of aromatic nitrogens is 1. The molecule has 8 nitrogen and oxygen atoms in total. The molecule has 2 aromatic rings. The number of fused-ring (bicyclic) bond motifs is 1. The van der Waals surface area contributed by atoms with Gasteiger partial charge in [0.25, 0.3) is 0 Å². The van der Waals surface area contributed by atoms with E-state index < -0.39 is 24.0 Å². The van der Waals surface area contributed by atoms with Gasteiger partial charge in [-0.2, -0.15) is 0 Å². The Bertz CT molecular complexity index is 1190. The number of aryl methyl sites for hydroxylation is 1. The monoisotopic (exact) mass is 587 g/mol. The second-order valence-corrected chi connectivity index (χ2v) is 11.7. The summed E-state index contributed by atoms with van der Waals surface area (Å²) in [7, 11) is 1.68. The molecule has 0 spiro atoms. The van der Waals surface area contributed by atoms with Crippen LogP contribution in [0, 0.1) is 11.7 Å². The second kappa shape index (κ2) is 14.6. The lowest BCUT2D eigenvalue weighted by Gasteiger charge is -2.28. The van der Waals surface area contributed by atoms with Crippen LogP contribution in [0.3, 0.4) is 0 Å². The number of nitrogens with zero attached hydrogens (tertiary/aromatic N) is 2. The Balaban J connectivity index is 1.15. The van der Waals surface area contributed by atoms with Crippen molar-refractivity contribution in [2.45, 2.75) is 82.7 Å². The first-order chi connectivity index (χ1) is 20.4. The van der Waals surface area contributed by atoms with Gasteiger partial charge in [0.05, 0.1) is 19.8 Å². The molecule has 0 radical (unpaired) electrons. The average molecular weight is 588 g/mol. The van der Waals surface area contributed by atoms with Crippen LogP contribution in [0.4, 0.5) is 14.6 Å². The molecule has 2 saturated heterocycles. The highest BCUT2D eigenvalue weighted by molar-refractivity contribution is 5.76. The van der Waals surface area contributed by atoms with Crippen LogP contribution in [0.1, 0.15) is 73.4 Å². The molecular formula is C32H43F2N3O5. The van der Waals surface area contributed by atoms with Gasteiger partial charge in [0.1, 0.15) is 29.6 Å². The van der Waals surface area contributed by atoms with E-state index in [4.69, 9.17) is 19.2 Å². The summed E-state index contributed by atoms with van der Waals surface area (Å²) in [5.74, 6) is -0.0530. The number of anilines is 1. The van der Waals surface area contributed by atoms with E-state index in [9.17, 15) is 14.3 Å². The summed E-state index contributed by atoms with van der Waals surface area (Å²) in [6, 6.07) is 5.18. The number of methoxy groups -OCH3 is 1. The maximum atomic E-state index is 15.4. The second-order valence-electron chi connectivity index (χ2n) is 11.7. The molecule has 1 aromatic carbocycles. The molecular weight excluding hydrogens is 544 g/mol. The summed E-state index contributed by atoms with van der Waals surface area (Å²) < 4.78 is 46.7. The lowest BCUT2D eigenvalue weighted by molar-refractivity contribution is -0.143. The number of carboxylic acids is 1. The van der Waals surface area contributed by atoms with Gasteiger partial charge in [-0.05, 0) is 81.2 Å². The molecule has 3 atom stereocenters. The van der Waals surface area contributed by atoms with Crippen molar-refractivity contribution >= 4 is 11.8 Å². The van der Waals surface area contributed by atoms with E-state index in [0.29, 0.717) is 56.7 Å². The molecule has 10 heteroatoms. The number of rotatable bonds is 13. The summed E-state index contributed by atoms with van der Waals surface area (Å²) in [5.41, 5.74) is 3.10. The number of nitrogens with one attached hydrogen (secondary N) is 1. The fourth-order valence-corrected chi connectivity index (χ4v) is 6.48. The third-order valence-electron chi connectivity index (χ3n) is 8.83. The maximum absolute atomic E-state index is 15.4. The van der Waals surface area contributed by atoms with Gasteiger partial charge >= 0.3 is 5.97 Å². The van der Waals surface area contributed by atoms with E-state index in [1.165, 1.54) is 12.1 Å². The summed E-state index contributed by atoms with van der Waals surface area (Å²) in [4.78, 5) is 19.0. The van der Waals surface area contributed by atoms with Crippen LogP contribution in [-0.2, 0) is 33.7 Å². The van der Waals surface area contributed by atoms with Gasteiger partial charge in [-0.25, -0.2) is 13.8 Å². The van der Waals surface area contributed by atoms with Crippen molar-refractivity contribution in [3.05, 3.63) is 52.5 Å². The third-order valence-corrected chi connectivity index (χ3v) is 8.83.